The van der Waals surface area contributed by atoms with E-state index in [0.717, 1.165) is 6.08 Å². The summed E-state index contributed by atoms with van der Waals surface area (Å²) >= 11 is 0. The van der Waals surface area contributed by atoms with Crippen molar-refractivity contribution >= 4 is 17.5 Å². The van der Waals surface area contributed by atoms with Crippen LogP contribution in [0.4, 0.5) is 18.9 Å². The zero-order valence-electron chi connectivity index (χ0n) is 14.6. The van der Waals surface area contributed by atoms with Gasteiger partial charge in [0, 0.05) is 17.7 Å². The Bertz CT molecular complexity index is 894. The van der Waals surface area contributed by atoms with Gasteiger partial charge in [0.1, 0.15) is 5.75 Å². The van der Waals surface area contributed by atoms with E-state index in [-0.39, 0.29) is 17.7 Å². The highest BCUT2D eigenvalue weighted by Gasteiger charge is 2.49. The number of carbonyl (C=O) groups excluding carboxylic acids is 2. The van der Waals surface area contributed by atoms with E-state index < -0.39 is 30.1 Å². The number of hydrogen-bond acceptors (Lipinski definition) is 3. The highest BCUT2D eigenvalue weighted by molar-refractivity contribution is 5.99. The molecule has 0 spiro atoms. The first kappa shape index (κ1) is 19.5. The third kappa shape index (κ3) is 4.33. The second-order valence-electron chi connectivity index (χ2n) is 6.24. The van der Waals surface area contributed by atoms with Crippen LogP contribution in [-0.2, 0) is 11.2 Å². The summed E-state index contributed by atoms with van der Waals surface area (Å²) in [6.45, 7) is 3.33. The average molecular weight is 390 g/mol. The van der Waals surface area contributed by atoms with E-state index >= 15 is 0 Å². The standard InChI is InChI=1S/C20H17F3N2O3/c1-2-17(26)24-14-9-7-12(8-10-14)19(27)25-15-11-13-5-3-4-6-16(13)28-18(15)20(21,22)23/h2-10,15,18H,1,11H2,(H,24,26)(H,25,27)/t15-,18-/m1/s1. The number of amides is 2. The van der Waals surface area contributed by atoms with Crippen LogP contribution in [0.1, 0.15) is 15.9 Å². The van der Waals surface area contributed by atoms with Crippen molar-refractivity contribution in [2.45, 2.75) is 24.7 Å². The summed E-state index contributed by atoms with van der Waals surface area (Å²) in [5, 5.41) is 4.94. The summed E-state index contributed by atoms with van der Waals surface area (Å²) < 4.78 is 45.4. The Kier molecular flexibility index (Phi) is 5.39. The van der Waals surface area contributed by atoms with Gasteiger partial charge in [-0.05, 0) is 42.0 Å². The Balaban J connectivity index is 1.76. The van der Waals surface area contributed by atoms with Gasteiger partial charge in [-0.25, -0.2) is 0 Å². The number of para-hydroxylation sites is 1. The predicted octanol–water partition coefficient (Wildman–Crippen LogP) is 3.48. The zero-order valence-corrected chi connectivity index (χ0v) is 14.6. The second kappa shape index (κ2) is 7.75. The lowest BCUT2D eigenvalue weighted by molar-refractivity contribution is -0.205. The quantitative estimate of drug-likeness (QED) is 0.786. The van der Waals surface area contributed by atoms with Crippen LogP contribution >= 0.6 is 0 Å². The lowest BCUT2D eigenvalue weighted by Crippen LogP contribution is -2.55. The number of anilines is 1. The number of benzene rings is 2. The number of alkyl halides is 3. The molecule has 0 unspecified atom stereocenters. The molecule has 0 saturated carbocycles. The van der Waals surface area contributed by atoms with Crippen LogP contribution in [0.15, 0.2) is 61.2 Å². The predicted molar refractivity (Wildman–Crippen MR) is 97.1 cm³/mol. The van der Waals surface area contributed by atoms with Gasteiger partial charge in [0.05, 0.1) is 6.04 Å². The number of ether oxygens (including phenoxy) is 1. The van der Waals surface area contributed by atoms with E-state index in [1.54, 1.807) is 18.2 Å². The van der Waals surface area contributed by atoms with Crippen LogP contribution in [0.2, 0.25) is 0 Å². The molecule has 146 valence electrons. The molecule has 2 atom stereocenters. The molecule has 2 aromatic carbocycles. The minimum absolute atomic E-state index is 0.000431. The summed E-state index contributed by atoms with van der Waals surface area (Å²) in [6, 6.07) is 10.9. The van der Waals surface area contributed by atoms with E-state index in [2.05, 4.69) is 17.2 Å². The van der Waals surface area contributed by atoms with Crippen molar-refractivity contribution in [1.29, 1.82) is 0 Å². The van der Waals surface area contributed by atoms with Crippen molar-refractivity contribution in [3.8, 4) is 5.75 Å². The number of fused-ring (bicyclic) bond motifs is 1. The smallest absolute Gasteiger partial charge is 0.427 e. The number of carbonyl (C=O) groups is 2. The van der Waals surface area contributed by atoms with E-state index in [9.17, 15) is 22.8 Å². The Morgan fingerprint density at radius 3 is 2.43 bits per heavy atom. The van der Waals surface area contributed by atoms with Gasteiger partial charge in [0.2, 0.25) is 12.0 Å². The molecule has 5 nitrogen and oxygen atoms in total. The number of nitrogens with one attached hydrogen (secondary N) is 2. The second-order valence-corrected chi connectivity index (χ2v) is 6.24. The first-order valence-corrected chi connectivity index (χ1v) is 8.43. The highest BCUT2D eigenvalue weighted by Crippen LogP contribution is 2.35. The fraction of sp³-hybridized carbons (Fsp3) is 0.200. The van der Waals surface area contributed by atoms with Crippen LogP contribution < -0.4 is 15.4 Å². The summed E-state index contributed by atoms with van der Waals surface area (Å²) in [5.41, 5.74) is 1.19. The van der Waals surface area contributed by atoms with Crippen molar-refractivity contribution < 1.29 is 27.5 Å². The number of rotatable bonds is 4. The maximum Gasteiger partial charge on any atom is 0.427 e. The van der Waals surface area contributed by atoms with Crippen LogP contribution in [0, 0.1) is 0 Å². The van der Waals surface area contributed by atoms with Gasteiger partial charge in [0.25, 0.3) is 5.91 Å². The van der Waals surface area contributed by atoms with E-state index in [0.29, 0.717) is 11.3 Å². The van der Waals surface area contributed by atoms with Gasteiger partial charge >= 0.3 is 6.18 Å². The Hall–Kier alpha value is -3.29. The first-order chi connectivity index (χ1) is 13.3. The van der Waals surface area contributed by atoms with Crippen molar-refractivity contribution in [3.63, 3.8) is 0 Å². The largest absolute Gasteiger partial charge is 0.478 e. The molecule has 1 heterocycles. The average Bonchev–Trinajstić information content (AvgIpc) is 2.67. The minimum atomic E-state index is -4.63. The molecule has 0 aromatic heterocycles. The maximum absolute atomic E-state index is 13.4. The lowest BCUT2D eigenvalue weighted by Gasteiger charge is -2.35. The molecular formula is C20H17F3N2O3. The number of hydrogen-bond donors (Lipinski definition) is 2. The van der Waals surface area contributed by atoms with Crippen molar-refractivity contribution in [2.75, 3.05) is 5.32 Å². The van der Waals surface area contributed by atoms with Gasteiger partial charge in [-0.3, -0.25) is 9.59 Å². The highest BCUT2D eigenvalue weighted by atomic mass is 19.4. The summed E-state index contributed by atoms with van der Waals surface area (Å²) in [7, 11) is 0. The third-order valence-corrected chi connectivity index (χ3v) is 4.27. The molecule has 2 aromatic rings. The fourth-order valence-corrected chi connectivity index (χ4v) is 2.92. The van der Waals surface area contributed by atoms with Crippen molar-refractivity contribution in [2.24, 2.45) is 0 Å². The van der Waals surface area contributed by atoms with Crippen LogP contribution in [-0.4, -0.2) is 30.1 Å². The minimum Gasteiger partial charge on any atom is -0.478 e. The normalized spacial score (nSPS) is 18.4. The molecule has 8 heteroatoms. The van der Waals surface area contributed by atoms with Gasteiger partial charge < -0.3 is 15.4 Å². The Morgan fingerprint density at radius 1 is 1.11 bits per heavy atom. The van der Waals surface area contributed by atoms with Crippen molar-refractivity contribution in [3.05, 3.63) is 72.3 Å². The summed E-state index contributed by atoms with van der Waals surface area (Å²) in [4.78, 5) is 23.7. The van der Waals surface area contributed by atoms with E-state index in [1.165, 1.54) is 30.3 Å². The van der Waals surface area contributed by atoms with Crippen LogP contribution in [0.5, 0.6) is 5.75 Å². The van der Waals surface area contributed by atoms with E-state index in [4.69, 9.17) is 4.74 Å². The van der Waals surface area contributed by atoms with E-state index in [1.807, 2.05) is 0 Å². The molecule has 2 amide bonds. The van der Waals surface area contributed by atoms with Gasteiger partial charge in [-0.1, -0.05) is 24.8 Å². The zero-order chi connectivity index (χ0) is 20.3. The molecule has 0 radical (unpaired) electrons. The molecule has 0 aliphatic carbocycles. The molecule has 0 saturated heterocycles. The third-order valence-electron chi connectivity index (χ3n) is 4.27. The molecule has 0 fully saturated rings. The van der Waals surface area contributed by atoms with Crippen LogP contribution in [0.25, 0.3) is 0 Å². The monoisotopic (exact) mass is 390 g/mol. The Morgan fingerprint density at radius 2 is 1.79 bits per heavy atom. The maximum atomic E-state index is 13.4. The lowest BCUT2D eigenvalue weighted by atomic mass is 9.96. The number of halogens is 3. The molecular weight excluding hydrogens is 373 g/mol. The molecule has 0 bridgehead atoms. The molecule has 28 heavy (non-hydrogen) atoms. The fourth-order valence-electron chi connectivity index (χ4n) is 2.92. The van der Waals surface area contributed by atoms with Gasteiger partial charge in [-0.2, -0.15) is 13.2 Å². The Labute approximate surface area is 159 Å². The SMILES string of the molecule is C=CC(=O)Nc1ccc(C(=O)N[C@@H]2Cc3ccccc3O[C@H]2C(F)(F)F)cc1. The van der Waals surface area contributed by atoms with Crippen molar-refractivity contribution in [1.82, 2.24) is 5.32 Å². The topological polar surface area (TPSA) is 67.4 Å². The molecule has 1 aliphatic heterocycles. The van der Waals surface area contributed by atoms with Gasteiger partial charge in [-0.15, -0.1) is 0 Å². The summed E-state index contributed by atoms with van der Waals surface area (Å²) in [6.07, 6.45) is -5.68. The first-order valence-electron chi connectivity index (χ1n) is 8.43. The summed E-state index contributed by atoms with van der Waals surface area (Å²) in [5.74, 6) is -0.912. The van der Waals surface area contributed by atoms with Gasteiger partial charge in [0.15, 0.2) is 0 Å². The molecule has 2 N–H and O–H groups in total. The molecule has 1 aliphatic rings. The van der Waals surface area contributed by atoms with Crippen LogP contribution in [0.3, 0.4) is 0 Å². The molecule has 3 rings (SSSR count).